The Bertz CT molecular complexity index is 533. The molecule has 0 saturated heterocycles. The molecule has 0 aromatic heterocycles. The van der Waals surface area contributed by atoms with Gasteiger partial charge in [0.1, 0.15) is 0 Å². The highest BCUT2D eigenvalue weighted by Crippen LogP contribution is 2.28. The fourth-order valence-corrected chi connectivity index (χ4v) is 2.80. The Morgan fingerprint density at radius 3 is 2.75 bits per heavy atom. The van der Waals surface area contributed by atoms with E-state index in [-0.39, 0.29) is 23.4 Å². The first-order valence-corrected chi connectivity index (χ1v) is 7.36. The predicted octanol–water partition coefficient (Wildman–Crippen LogP) is 2.60. The molecule has 1 aliphatic carbocycles. The van der Waals surface area contributed by atoms with Crippen molar-refractivity contribution in [2.24, 2.45) is 11.7 Å². The van der Waals surface area contributed by atoms with Gasteiger partial charge in [0.25, 0.3) is 0 Å². The monoisotopic (exact) mass is 340 g/mol. The van der Waals surface area contributed by atoms with Crippen LogP contribution in [0, 0.1) is 5.92 Å². The standard InChI is InChI=1S/C14H17BrN2O3/c15-11-5-4-9(14(19)20)7-12(11)17-13(18)8-2-1-3-10(16)6-8/h4-5,7-8,10H,1-3,6,16H2,(H,17,18)(H,19,20). The first-order valence-electron chi connectivity index (χ1n) is 6.56. The molecule has 1 aliphatic rings. The average Bonchev–Trinajstić information content (AvgIpc) is 2.41. The first-order chi connectivity index (χ1) is 9.47. The summed E-state index contributed by atoms with van der Waals surface area (Å²) < 4.78 is 0.663. The van der Waals surface area contributed by atoms with Gasteiger partial charge >= 0.3 is 5.97 Å². The topological polar surface area (TPSA) is 92.4 Å². The molecule has 1 saturated carbocycles. The summed E-state index contributed by atoms with van der Waals surface area (Å²) in [6, 6.07) is 4.63. The van der Waals surface area contributed by atoms with Crippen molar-refractivity contribution in [3.63, 3.8) is 0 Å². The van der Waals surface area contributed by atoms with Crippen LogP contribution in [0.3, 0.4) is 0 Å². The van der Waals surface area contributed by atoms with E-state index in [9.17, 15) is 9.59 Å². The lowest BCUT2D eigenvalue weighted by atomic mass is 9.85. The number of rotatable bonds is 3. The lowest BCUT2D eigenvalue weighted by Gasteiger charge is -2.25. The Hall–Kier alpha value is -1.40. The quantitative estimate of drug-likeness (QED) is 0.788. The van der Waals surface area contributed by atoms with Gasteiger partial charge in [-0.25, -0.2) is 4.79 Å². The second-order valence-corrected chi connectivity index (χ2v) is 5.97. The summed E-state index contributed by atoms with van der Waals surface area (Å²) >= 11 is 3.31. The van der Waals surface area contributed by atoms with Crippen molar-refractivity contribution in [1.82, 2.24) is 0 Å². The summed E-state index contributed by atoms with van der Waals surface area (Å²) in [5.74, 6) is -1.21. The zero-order chi connectivity index (χ0) is 14.7. The van der Waals surface area contributed by atoms with Gasteiger partial charge < -0.3 is 16.2 Å². The number of halogens is 1. The van der Waals surface area contributed by atoms with Gasteiger partial charge in [0, 0.05) is 16.4 Å². The van der Waals surface area contributed by atoms with Gasteiger partial charge in [0.2, 0.25) is 5.91 Å². The van der Waals surface area contributed by atoms with E-state index in [0.29, 0.717) is 16.6 Å². The fraction of sp³-hybridized carbons (Fsp3) is 0.429. The molecule has 5 nitrogen and oxygen atoms in total. The van der Waals surface area contributed by atoms with Gasteiger partial charge in [-0.1, -0.05) is 6.42 Å². The maximum Gasteiger partial charge on any atom is 0.335 e. The molecule has 6 heteroatoms. The molecule has 108 valence electrons. The molecule has 1 aromatic rings. The molecular formula is C14H17BrN2O3. The van der Waals surface area contributed by atoms with Gasteiger partial charge in [-0.05, 0) is 53.4 Å². The van der Waals surface area contributed by atoms with Crippen LogP contribution in [-0.2, 0) is 4.79 Å². The number of hydrogen-bond acceptors (Lipinski definition) is 3. The number of carbonyl (C=O) groups excluding carboxylic acids is 1. The van der Waals surface area contributed by atoms with E-state index in [1.54, 1.807) is 6.07 Å². The predicted molar refractivity (Wildman–Crippen MR) is 79.7 cm³/mol. The fourth-order valence-electron chi connectivity index (χ4n) is 2.45. The Morgan fingerprint density at radius 1 is 1.35 bits per heavy atom. The van der Waals surface area contributed by atoms with Gasteiger partial charge in [-0.3, -0.25) is 4.79 Å². The molecule has 20 heavy (non-hydrogen) atoms. The molecule has 0 radical (unpaired) electrons. The summed E-state index contributed by atoms with van der Waals surface area (Å²) in [5, 5.41) is 11.8. The third-order valence-electron chi connectivity index (χ3n) is 3.56. The molecule has 1 fully saturated rings. The Kier molecular flexibility index (Phi) is 4.77. The van der Waals surface area contributed by atoms with Gasteiger partial charge in [0.15, 0.2) is 0 Å². The van der Waals surface area contributed by atoms with Gasteiger partial charge in [-0.2, -0.15) is 0 Å². The van der Waals surface area contributed by atoms with Crippen molar-refractivity contribution in [3.8, 4) is 0 Å². The van der Waals surface area contributed by atoms with E-state index in [0.717, 1.165) is 19.3 Å². The minimum atomic E-state index is -1.02. The van der Waals surface area contributed by atoms with Crippen LogP contribution < -0.4 is 11.1 Å². The van der Waals surface area contributed by atoms with E-state index in [4.69, 9.17) is 10.8 Å². The van der Waals surface area contributed by atoms with Crippen LogP contribution >= 0.6 is 15.9 Å². The molecule has 0 aliphatic heterocycles. The highest BCUT2D eigenvalue weighted by atomic mass is 79.9. The number of anilines is 1. The second kappa shape index (κ2) is 6.37. The summed E-state index contributed by atoms with van der Waals surface area (Å²) in [7, 11) is 0. The van der Waals surface area contributed by atoms with Crippen LogP contribution in [0.1, 0.15) is 36.0 Å². The smallest absolute Gasteiger partial charge is 0.335 e. The van der Waals surface area contributed by atoms with Crippen LogP contribution in [0.5, 0.6) is 0 Å². The number of benzene rings is 1. The first kappa shape index (κ1) is 15.0. The SMILES string of the molecule is NC1CCCC(C(=O)Nc2cc(C(=O)O)ccc2Br)C1. The van der Waals surface area contributed by atoms with Crippen molar-refractivity contribution in [3.05, 3.63) is 28.2 Å². The third kappa shape index (κ3) is 3.58. The highest BCUT2D eigenvalue weighted by molar-refractivity contribution is 9.10. The van der Waals surface area contributed by atoms with Crippen LogP contribution in [0.4, 0.5) is 5.69 Å². The Balaban J connectivity index is 2.10. The minimum Gasteiger partial charge on any atom is -0.478 e. The molecule has 1 aromatic carbocycles. The maximum absolute atomic E-state index is 12.2. The summed E-state index contributed by atoms with van der Waals surface area (Å²) in [5.41, 5.74) is 6.51. The number of amides is 1. The maximum atomic E-state index is 12.2. The van der Waals surface area contributed by atoms with Crippen molar-refractivity contribution in [2.75, 3.05) is 5.32 Å². The van der Waals surface area contributed by atoms with Crippen LogP contribution in [0.15, 0.2) is 22.7 Å². The van der Waals surface area contributed by atoms with Crippen LogP contribution in [0.25, 0.3) is 0 Å². The van der Waals surface area contributed by atoms with E-state index in [1.807, 2.05) is 0 Å². The molecule has 1 amide bonds. The lowest BCUT2D eigenvalue weighted by molar-refractivity contribution is -0.120. The van der Waals surface area contributed by atoms with Crippen molar-refractivity contribution >= 4 is 33.5 Å². The van der Waals surface area contributed by atoms with E-state index >= 15 is 0 Å². The van der Waals surface area contributed by atoms with E-state index < -0.39 is 5.97 Å². The summed E-state index contributed by atoms with van der Waals surface area (Å²) in [4.78, 5) is 23.2. The van der Waals surface area contributed by atoms with Crippen molar-refractivity contribution < 1.29 is 14.7 Å². The number of carboxylic acid groups (broad SMARTS) is 1. The van der Waals surface area contributed by atoms with Crippen molar-refractivity contribution in [1.29, 1.82) is 0 Å². The van der Waals surface area contributed by atoms with Gasteiger partial charge in [0.05, 0.1) is 11.3 Å². The minimum absolute atomic E-state index is 0.0771. The molecule has 2 atom stereocenters. The molecule has 0 heterocycles. The Morgan fingerprint density at radius 2 is 2.10 bits per heavy atom. The largest absolute Gasteiger partial charge is 0.478 e. The molecule has 4 N–H and O–H groups in total. The highest BCUT2D eigenvalue weighted by Gasteiger charge is 2.25. The summed E-state index contributed by atoms with van der Waals surface area (Å²) in [6.45, 7) is 0. The van der Waals surface area contributed by atoms with Crippen LogP contribution in [-0.4, -0.2) is 23.0 Å². The number of nitrogens with two attached hydrogens (primary N) is 1. The average molecular weight is 341 g/mol. The molecule has 2 unspecified atom stereocenters. The second-order valence-electron chi connectivity index (χ2n) is 5.11. The lowest BCUT2D eigenvalue weighted by Crippen LogP contribution is -2.34. The number of carbonyl (C=O) groups is 2. The summed E-state index contributed by atoms with van der Waals surface area (Å²) in [6.07, 6.45) is 3.43. The zero-order valence-corrected chi connectivity index (χ0v) is 12.5. The van der Waals surface area contributed by atoms with Crippen LogP contribution in [0.2, 0.25) is 0 Å². The number of carboxylic acids is 1. The molecule has 0 spiro atoms. The zero-order valence-electron chi connectivity index (χ0n) is 10.9. The van der Waals surface area contributed by atoms with Crippen molar-refractivity contribution in [2.45, 2.75) is 31.7 Å². The molecule has 2 rings (SSSR count). The van der Waals surface area contributed by atoms with E-state index in [1.165, 1.54) is 12.1 Å². The third-order valence-corrected chi connectivity index (χ3v) is 4.25. The number of hydrogen-bond donors (Lipinski definition) is 3. The van der Waals surface area contributed by atoms with E-state index in [2.05, 4.69) is 21.2 Å². The number of nitrogens with one attached hydrogen (secondary N) is 1. The normalized spacial score (nSPS) is 22.3. The van der Waals surface area contributed by atoms with Gasteiger partial charge in [-0.15, -0.1) is 0 Å². The number of aromatic carboxylic acids is 1. The molecular weight excluding hydrogens is 324 g/mol. The Labute approximate surface area is 125 Å². The molecule has 0 bridgehead atoms.